The summed E-state index contributed by atoms with van der Waals surface area (Å²) in [5.74, 6) is 0.893. The second-order valence-electron chi connectivity index (χ2n) is 8.03. The Balaban J connectivity index is 1.60. The van der Waals surface area contributed by atoms with Crippen molar-refractivity contribution < 1.29 is 14.3 Å². The summed E-state index contributed by atoms with van der Waals surface area (Å²) in [6.07, 6.45) is 4.13. The average Bonchev–Trinajstić information content (AvgIpc) is 2.80. The fourth-order valence-electron chi connectivity index (χ4n) is 4.11. The molecule has 2 fully saturated rings. The van der Waals surface area contributed by atoms with E-state index in [1.807, 2.05) is 41.0 Å². The lowest BCUT2D eigenvalue weighted by Gasteiger charge is -2.31. The van der Waals surface area contributed by atoms with E-state index >= 15 is 0 Å². The minimum Gasteiger partial charge on any atom is -0.494 e. The van der Waals surface area contributed by atoms with Crippen molar-refractivity contribution in [3.05, 3.63) is 29.8 Å². The highest BCUT2D eigenvalue weighted by Crippen LogP contribution is 2.15. The Kier molecular flexibility index (Phi) is 8.96. The van der Waals surface area contributed by atoms with Crippen LogP contribution < -0.4 is 10.1 Å². The van der Waals surface area contributed by atoms with E-state index < -0.39 is 0 Å². The Morgan fingerprint density at radius 3 is 2.37 bits per heavy atom. The molecule has 3 rings (SSSR count). The van der Waals surface area contributed by atoms with Gasteiger partial charge in [0.25, 0.3) is 5.91 Å². The Morgan fingerprint density at radius 1 is 1.00 bits per heavy atom. The highest BCUT2D eigenvalue weighted by Gasteiger charge is 2.21. The van der Waals surface area contributed by atoms with Crippen LogP contribution in [0, 0.1) is 0 Å². The third-order valence-corrected chi connectivity index (χ3v) is 5.90. The lowest BCUT2D eigenvalue weighted by Crippen LogP contribution is -2.47. The van der Waals surface area contributed by atoms with Gasteiger partial charge >= 0.3 is 0 Å². The fraction of sp³-hybridized carbons (Fsp3) is 0.652. The van der Waals surface area contributed by atoms with Crippen LogP contribution in [0.2, 0.25) is 0 Å². The van der Waals surface area contributed by atoms with Crippen LogP contribution in [-0.2, 0) is 4.79 Å². The molecule has 1 aromatic rings. The molecule has 2 amide bonds. The van der Waals surface area contributed by atoms with Gasteiger partial charge in [-0.2, -0.15) is 0 Å². The topological polar surface area (TPSA) is 65.1 Å². The van der Waals surface area contributed by atoms with Crippen LogP contribution in [0.4, 0.5) is 0 Å². The number of rotatable bonds is 9. The van der Waals surface area contributed by atoms with Crippen molar-refractivity contribution >= 4 is 11.8 Å². The van der Waals surface area contributed by atoms with Crippen LogP contribution >= 0.6 is 0 Å². The van der Waals surface area contributed by atoms with E-state index in [1.165, 1.54) is 19.3 Å². The largest absolute Gasteiger partial charge is 0.494 e. The summed E-state index contributed by atoms with van der Waals surface area (Å²) < 4.78 is 5.49. The number of hydrogen-bond acceptors (Lipinski definition) is 5. The standard InChI is InChI=1S/C23H36N4O3/c1-2-30-21-8-6-20(7-9-21)23(29)27(19-18-25-13-4-3-5-14-25)15-10-22(28)26-16-11-24-12-17-26/h6-9,24H,2-5,10-19H2,1H3. The second kappa shape index (κ2) is 11.9. The van der Waals surface area contributed by atoms with Gasteiger partial charge in [-0.3, -0.25) is 9.59 Å². The van der Waals surface area contributed by atoms with Gasteiger partial charge in [-0.15, -0.1) is 0 Å². The minimum absolute atomic E-state index is 0.0110. The molecule has 0 radical (unpaired) electrons. The van der Waals surface area contributed by atoms with Crippen LogP contribution in [-0.4, -0.2) is 92.0 Å². The highest BCUT2D eigenvalue weighted by molar-refractivity contribution is 5.94. The smallest absolute Gasteiger partial charge is 0.253 e. The number of benzene rings is 1. The highest BCUT2D eigenvalue weighted by atomic mass is 16.5. The first-order valence-corrected chi connectivity index (χ1v) is 11.4. The lowest BCUT2D eigenvalue weighted by molar-refractivity contribution is -0.131. The van der Waals surface area contributed by atoms with Crippen molar-refractivity contribution in [2.75, 3.05) is 65.5 Å². The van der Waals surface area contributed by atoms with Crippen LogP contribution in [0.15, 0.2) is 24.3 Å². The SMILES string of the molecule is CCOc1ccc(C(=O)N(CCC(=O)N2CCNCC2)CCN2CCCCC2)cc1. The average molecular weight is 417 g/mol. The zero-order valence-electron chi connectivity index (χ0n) is 18.3. The van der Waals surface area contributed by atoms with Gasteiger partial charge < -0.3 is 24.8 Å². The van der Waals surface area contributed by atoms with Crippen LogP contribution in [0.25, 0.3) is 0 Å². The van der Waals surface area contributed by atoms with Gasteiger partial charge in [0.2, 0.25) is 5.91 Å². The summed E-state index contributed by atoms with van der Waals surface area (Å²) in [6, 6.07) is 7.32. The van der Waals surface area contributed by atoms with Crippen molar-refractivity contribution in [1.29, 1.82) is 0 Å². The zero-order chi connectivity index (χ0) is 21.2. The maximum atomic E-state index is 13.2. The van der Waals surface area contributed by atoms with Crippen molar-refractivity contribution in [1.82, 2.24) is 20.0 Å². The summed E-state index contributed by atoms with van der Waals surface area (Å²) >= 11 is 0. The monoisotopic (exact) mass is 416 g/mol. The molecule has 1 N–H and O–H groups in total. The molecule has 2 aliphatic heterocycles. The second-order valence-corrected chi connectivity index (χ2v) is 8.03. The van der Waals surface area contributed by atoms with E-state index in [0.717, 1.165) is 51.6 Å². The summed E-state index contributed by atoms with van der Waals surface area (Å²) in [6.45, 7) is 9.91. The molecule has 2 saturated heterocycles. The lowest BCUT2D eigenvalue weighted by atomic mass is 10.1. The number of nitrogens with one attached hydrogen (secondary N) is 1. The van der Waals surface area contributed by atoms with Gasteiger partial charge in [-0.1, -0.05) is 6.42 Å². The maximum absolute atomic E-state index is 13.2. The van der Waals surface area contributed by atoms with Crippen LogP contribution in [0.1, 0.15) is 43.0 Å². The first kappa shape index (κ1) is 22.6. The molecule has 30 heavy (non-hydrogen) atoms. The van der Waals surface area contributed by atoms with Crippen LogP contribution in [0.3, 0.4) is 0 Å². The molecule has 0 spiro atoms. The molecule has 1 aromatic carbocycles. The number of amides is 2. The number of hydrogen-bond donors (Lipinski definition) is 1. The first-order valence-electron chi connectivity index (χ1n) is 11.4. The maximum Gasteiger partial charge on any atom is 0.253 e. The summed E-state index contributed by atoms with van der Waals surface area (Å²) in [5.41, 5.74) is 0.645. The first-order chi connectivity index (χ1) is 14.7. The van der Waals surface area contributed by atoms with Gasteiger partial charge in [-0.05, 0) is 57.1 Å². The molecule has 166 valence electrons. The molecule has 0 unspecified atom stereocenters. The summed E-state index contributed by atoms with van der Waals surface area (Å²) in [5, 5.41) is 3.27. The molecule has 2 aliphatic rings. The molecule has 7 nitrogen and oxygen atoms in total. The number of carbonyl (C=O) groups is 2. The van der Waals surface area contributed by atoms with Crippen LogP contribution in [0.5, 0.6) is 5.75 Å². The molecule has 0 aliphatic carbocycles. The summed E-state index contributed by atoms with van der Waals surface area (Å²) in [7, 11) is 0. The third-order valence-electron chi connectivity index (χ3n) is 5.90. The molecule has 7 heteroatoms. The summed E-state index contributed by atoms with van der Waals surface area (Å²) in [4.78, 5) is 32.0. The zero-order valence-corrected chi connectivity index (χ0v) is 18.3. The van der Waals surface area contributed by atoms with Crippen molar-refractivity contribution in [2.24, 2.45) is 0 Å². The van der Waals surface area contributed by atoms with E-state index in [9.17, 15) is 9.59 Å². The third kappa shape index (κ3) is 6.71. The van der Waals surface area contributed by atoms with E-state index in [-0.39, 0.29) is 11.8 Å². The van der Waals surface area contributed by atoms with Gasteiger partial charge in [-0.25, -0.2) is 0 Å². The predicted octanol–water partition coefficient (Wildman–Crippen LogP) is 1.84. The normalized spacial score (nSPS) is 17.6. The predicted molar refractivity (Wildman–Crippen MR) is 118 cm³/mol. The number of likely N-dealkylation sites (tertiary alicyclic amines) is 1. The number of carbonyl (C=O) groups excluding carboxylic acids is 2. The quantitative estimate of drug-likeness (QED) is 0.665. The molecular weight excluding hydrogens is 380 g/mol. The Hall–Kier alpha value is -2.12. The van der Waals surface area contributed by atoms with Gasteiger partial charge in [0.05, 0.1) is 6.61 Å². The van der Waals surface area contributed by atoms with Gasteiger partial charge in [0.15, 0.2) is 0 Å². The number of nitrogens with zero attached hydrogens (tertiary/aromatic N) is 3. The Labute approximate surface area is 180 Å². The van der Waals surface area contributed by atoms with Crippen molar-refractivity contribution in [2.45, 2.75) is 32.6 Å². The fourth-order valence-corrected chi connectivity index (χ4v) is 4.11. The van der Waals surface area contributed by atoms with E-state index in [1.54, 1.807) is 0 Å². The molecule has 0 bridgehead atoms. The molecular formula is C23H36N4O3. The molecule has 0 saturated carbocycles. The molecule has 2 heterocycles. The van der Waals surface area contributed by atoms with E-state index in [0.29, 0.717) is 31.7 Å². The van der Waals surface area contributed by atoms with Gasteiger partial charge in [0, 0.05) is 57.8 Å². The van der Waals surface area contributed by atoms with Crippen molar-refractivity contribution in [3.63, 3.8) is 0 Å². The minimum atomic E-state index is -0.0110. The Bertz CT molecular complexity index is 668. The Morgan fingerprint density at radius 2 is 1.70 bits per heavy atom. The number of piperazine rings is 1. The van der Waals surface area contributed by atoms with Crippen molar-refractivity contribution in [3.8, 4) is 5.75 Å². The molecule has 0 atom stereocenters. The van der Waals surface area contributed by atoms with E-state index in [4.69, 9.17) is 4.74 Å². The van der Waals surface area contributed by atoms with Gasteiger partial charge in [0.1, 0.15) is 5.75 Å². The molecule has 0 aromatic heterocycles. The number of ether oxygens (including phenoxy) is 1. The van der Waals surface area contributed by atoms with E-state index in [2.05, 4.69) is 10.2 Å². The number of piperidine rings is 1.